The normalized spacial score (nSPS) is 8.00. The second-order valence-electron chi connectivity index (χ2n) is 2.39. The number of hydrogen-bond acceptors (Lipinski definition) is 2. The summed E-state index contributed by atoms with van der Waals surface area (Å²) in [6.45, 7) is 0. The molecular formula is C11H8INRuS-6. The second-order valence-corrected chi connectivity index (χ2v) is 4.38. The average Bonchev–Trinajstić information content (AvgIpc) is 2.81. The molecule has 0 heterocycles. The fourth-order valence-corrected chi connectivity index (χ4v) is 1.96. The summed E-state index contributed by atoms with van der Waals surface area (Å²) in [5.41, 5.74) is 0. The van der Waals surface area contributed by atoms with Gasteiger partial charge in [0.1, 0.15) is 5.40 Å². The molecule has 2 aromatic carbocycles. The van der Waals surface area contributed by atoms with Crippen LogP contribution in [0.25, 0.3) is 0 Å². The van der Waals surface area contributed by atoms with Gasteiger partial charge >= 0.3 is 0 Å². The number of thiocyanates is 1. The zero-order chi connectivity index (χ0) is 10.2. The van der Waals surface area contributed by atoms with Crippen LogP contribution in [-0.2, 0) is 19.5 Å². The summed E-state index contributed by atoms with van der Waals surface area (Å²) in [5.74, 6) is 0. The van der Waals surface area contributed by atoms with Crippen molar-refractivity contribution in [3.63, 3.8) is 0 Å². The molecule has 84 valence electrons. The van der Waals surface area contributed by atoms with E-state index in [-0.39, 0.29) is 19.5 Å². The minimum atomic E-state index is 0. The number of thioether (sulfide) groups is 1. The van der Waals surface area contributed by atoms with Crippen molar-refractivity contribution >= 4 is 34.4 Å². The van der Waals surface area contributed by atoms with Crippen LogP contribution in [0.4, 0.5) is 0 Å². The predicted octanol–water partition coefficient (Wildman–Crippen LogP) is 3.99. The molecule has 0 atom stereocenters. The van der Waals surface area contributed by atoms with Crippen LogP contribution >= 0.6 is 34.4 Å². The minimum Gasteiger partial charge on any atom is -0.748 e. The van der Waals surface area contributed by atoms with Crippen molar-refractivity contribution in [2.24, 2.45) is 0 Å². The van der Waals surface area contributed by atoms with E-state index in [1.165, 1.54) is 11.8 Å². The van der Waals surface area contributed by atoms with Gasteiger partial charge in [0.05, 0.1) is 0 Å². The molecule has 0 amide bonds. The van der Waals surface area contributed by atoms with Gasteiger partial charge in [0.15, 0.2) is 0 Å². The Bertz CT molecular complexity index is 372. The molecule has 0 N–H and O–H groups in total. The Balaban J connectivity index is 0.000000280. The van der Waals surface area contributed by atoms with E-state index in [1.54, 1.807) is 0 Å². The summed E-state index contributed by atoms with van der Waals surface area (Å²) >= 11 is 3.41. The zero-order valence-corrected chi connectivity index (χ0v) is 12.4. The van der Waals surface area contributed by atoms with Crippen molar-refractivity contribution in [1.82, 2.24) is 0 Å². The van der Waals surface area contributed by atoms with Gasteiger partial charge in [0.25, 0.3) is 0 Å². The number of halogens is 1. The van der Waals surface area contributed by atoms with Crippen molar-refractivity contribution < 1.29 is 19.5 Å². The van der Waals surface area contributed by atoms with Crippen LogP contribution in [0.1, 0.15) is 0 Å². The first-order valence-corrected chi connectivity index (χ1v) is 5.88. The van der Waals surface area contributed by atoms with E-state index >= 15 is 0 Å². The summed E-state index contributed by atoms with van der Waals surface area (Å²) in [5, 5.41) is 10.3. The number of hydrogen-bond donors (Lipinski definition) is 0. The maximum Gasteiger partial charge on any atom is 0.125 e. The van der Waals surface area contributed by atoms with Gasteiger partial charge in [-0.2, -0.15) is 17.4 Å². The summed E-state index contributed by atoms with van der Waals surface area (Å²) < 4.78 is 1.15. The van der Waals surface area contributed by atoms with Crippen LogP contribution in [0, 0.1) is 14.2 Å². The van der Waals surface area contributed by atoms with Crippen LogP contribution in [0.5, 0.6) is 0 Å². The van der Waals surface area contributed by atoms with Crippen LogP contribution < -0.4 is 0 Å². The Morgan fingerprint density at radius 2 is 1.80 bits per heavy atom. The predicted molar refractivity (Wildman–Crippen MR) is 68.3 cm³/mol. The third-order valence-corrected chi connectivity index (χ3v) is 3.41. The third kappa shape index (κ3) is 6.14. The number of rotatable bonds is 1. The first-order valence-electron chi connectivity index (χ1n) is 3.98. The summed E-state index contributed by atoms with van der Waals surface area (Å²) in [7, 11) is 0. The molecule has 0 aliphatic heterocycles. The Hall–Kier alpha value is -0.107. The first-order chi connectivity index (χ1) is 6.84. The molecule has 0 saturated carbocycles. The van der Waals surface area contributed by atoms with Crippen LogP contribution in [0.2, 0.25) is 0 Å². The van der Waals surface area contributed by atoms with Crippen molar-refractivity contribution in [3.8, 4) is 5.40 Å². The van der Waals surface area contributed by atoms with Crippen LogP contribution in [0.15, 0.2) is 53.4 Å². The molecule has 0 saturated heterocycles. The minimum absolute atomic E-state index is 0. The molecule has 0 aliphatic carbocycles. The SMILES string of the molecule is N#CS[c-]1cccc1I.[Ru].[cH-]1[cH-][cH-][cH-][cH-]1. The van der Waals surface area contributed by atoms with E-state index in [4.69, 9.17) is 5.26 Å². The second kappa shape index (κ2) is 9.14. The zero-order valence-electron chi connectivity index (χ0n) is 7.71. The van der Waals surface area contributed by atoms with Gasteiger partial charge in [-0.1, -0.05) is 42.8 Å². The number of nitriles is 1. The third-order valence-electron chi connectivity index (χ3n) is 1.44. The van der Waals surface area contributed by atoms with Gasteiger partial charge in [0, 0.05) is 19.5 Å². The van der Waals surface area contributed by atoms with E-state index in [1.807, 2.05) is 53.9 Å². The van der Waals surface area contributed by atoms with Gasteiger partial charge in [-0.3, -0.25) is 0 Å². The average molecular weight is 414 g/mol. The van der Waals surface area contributed by atoms with Crippen molar-refractivity contribution in [2.45, 2.75) is 4.90 Å². The molecule has 0 fully saturated rings. The molecule has 1 nitrogen and oxygen atoms in total. The molecule has 2 rings (SSSR count). The number of nitrogens with zero attached hydrogens (tertiary/aromatic N) is 1. The fraction of sp³-hybridized carbons (Fsp3) is 0. The van der Waals surface area contributed by atoms with Gasteiger partial charge in [-0.05, 0) is 0 Å². The van der Waals surface area contributed by atoms with Gasteiger partial charge in [-0.25, -0.2) is 6.07 Å². The molecule has 0 radical (unpaired) electrons. The van der Waals surface area contributed by atoms with Crippen molar-refractivity contribution in [3.05, 3.63) is 52.1 Å². The van der Waals surface area contributed by atoms with E-state index < -0.39 is 0 Å². The monoisotopic (exact) mass is 415 g/mol. The fourth-order valence-electron chi connectivity index (χ4n) is 0.834. The molecule has 0 aliphatic rings. The maximum atomic E-state index is 8.27. The summed E-state index contributed by atoms with van der Waals surface area (Å²) in [6.07, 6.45) is 0. The van der Waals surface area contributed by atoms with E-state index in [9.17, 15) is 0 Å². The molecule has 0 spiro atoms. The van der Waals surface area contributed by atoms with E-state index in [0.29, 0.717) is 0 Å². The molecule has 0 aromatic heterocycles. The smallest absolute Gasteiger partial charge is 0.125 e. The van der Waals surface area contributed by atoms with E-state index in [2.05, 4.69) is 22.6 Å². The Morgan fingerprint density at radius 3 is 2.13 bits per heavy atom. The van der Waals surface area contributed by atoms with E-state index in [0.717, 1.165) is 8.47 Å². The van der Waals surface area contributed by atoms with Crippen molar-refractivity contribution in [2.75, 3.05) is 0 Å². The Morgan fingerprint density at radius 1 is 1.27 bits per heavy atom. The van der Waals surface area contributed by atoms with Gasteiger partial charge in [0.2, 0.25) is 0 Å². The quantitative estimate of drug-likeness (QED) is 0.232. The molecule has 2 aromatic rings. The Kier molecular flexibility index (Phi) is 9.08. The topological polar surface area (TPSA) is 23.8 Å². The van der Waals surface area contributed by atoms with Gasteiger partial charge in [-0.15, -0.1) is 0 Å². The molecular weight excluding hydrogens is 406 g/mol. The molecule has 0 bridgehead atoms. The molecule has 4 heteroatoms. The first kappa shape index (κ1) is 14.9. The van der Waals surface area contributed by atoms with Crippen LogP contribution in [-0.4, -0.2) is 0 Å². The van der Waals surface area contributed by atoms with Gasteiger partial charge < -0.3 is 30.3 Å². The Labute approximate surface area is 120 Å². The maximum absolute atomic E-state index is 8.27. The van der Waals surface area contributed by atoms with Crippen molar-refractivity contribution in [1.29, 1.82) is 5.26 Å². The molecule has 15 heavy (non-hydrogen) atoms. The summed E-state index contributed by atoms with van der Waals surface area (Å²) in [6, 6.07) is 15.9. The summed E-state index contributed by atoms with van der Waals surface area (Å²) in [4.78, 5) is 1.05. The molecule has 0 unspecified atom stereocenters. The van der Waals surface area contributed by atoms with Crippen LogP contribution in [0.3, 0.4) is 0 Å². The standard InChI is InChI=1S/C6H3INS.C5H5.Ru/c7-5-2-1-3-6(5)9-4-8;1-2-4-5-3-1;/h1-3H;1-5H;/q-1;-5;. The largest absolute Gasteiger partial charge is 0.748 e.